The first-order valence-electron chi connectivity index (χ1n) is 6.13. The van der Waals surface area contributed by atoms with Crippen LogP contribution in [0.4, 0.5) is 10.8 Å². The van der Waals surface area contributed by atoms with Crippen LogP contribution in [0.5, 0.6) is 0 Å². The third-order valence-electron chi connectivity index (χ3n) is 3.31. The number of nitrogens with zero attached hydrogens (tertiary/aromatic N) is 2. The molecule has 96 valence electrons. The van der Waals surface area contributed by atoms with Gasteiger partial charge in [-0.1, -0.05) is 13.3 Å². The van der Waals surface area contributed by atoms with Crippen molar-refractivity contribution in [1.29, 1.82) is 0 Å². The van der Waals surface area contributed by atoms with Crippen molar-refractivity contribution in [3.63, 3.8) is 0 Å². The summed E-state index contributed by atoms with van der Waals surface area (Å²) in [6.45, 7) is 4.23. The van der Waals surface area contributed by atoms with Crippen LogP contribution in [-0.2, 0) is 0 Å². The van der Waals surface area contributed by atoms with E-state index in [4.69, 9.17) is 5.73 Å². The zero-order chi connectivity index (χ0) is 12.7. The van der Waals surface area contributed by atoms with Crippen molar-refractivity contribution >= 4 is 33.7 Å². The molecule has 0 radical (unpaired) electrons. The summed E-state index contributed by atoms with van der Waals surface area (Å²) in [7, 11) is 0. The molecule has 1 saturated carbocycles. The molecule has 2 aromatic rings. The average molecular weight is 280 g/mol. The second kappa shape index (κ2) is 4.51. The topological polar surface area (TPSA) is 63.8 Å². The highest BCUT2D eigenvalue weighted by Gasteiger charge is 2.36. The van der Waals surface area contributed by atoms with Crippen molar-refractivity contribution in [2.45, 2.75) is 32.7 Å². The lowest BCUT2D eigenvalue weighted by atomic mass is 10.3. The van der Waals surface area contributed by atoms with Gasteiger partial charge in [0.2, 0.25) is 0 Å². The average Bonchev–Trinajstić information content (AvgIpc) is 2.81. The smallest absolute Gasteiger partial charge is 0.149 e. The molecule has 2 atom stereocenters. The Kier molecular flexibility index (Phi) is 2.99. The van der Waals surface area contributed by atoms with Crippen LogP contribution >= 0.6 is 22.9 Å². The summed E-state index contributed by atoms with van der Waals surface area (Å²) >= 11 is 3.07. The van der Waals surface area contributed by atoms with Gasteiger partial charge in [-0.25, -0.2) is 4.98 Å². The maximum absolute atomic E-state index is 5.97. The van der Waals surface area contributed by atoms with Crippen molar-refractivity contribution in [2.24, 2.45) is 5.92 Å². The standard InChI is InChI=1S/C12H16N4S2/c1-3-7-4-8(7)15-12-9(10(13)16-18-12)11-14-6(2)5-17-11/h5,7-8,15H,3-4H2,1-2H3,(H2,13,16). The Morgan fingerprint density at radius 2 is 2.39 bits per heavy atom. The molecule has 2 heterocycles. The number of nitrogens with two attached hydrogens (primary N) is 1. The van der Waals surface area contributed by atoms with Gasteiger partial charge in [0.25, 0.3) is 0 Å². The van der Waals surface area contributed by atoms with E-state index in [-0.39, 0.29) is 0 Å². The number of rotatable bonds is 4. The van der Waals surface area contributed by atoms with Gasteiger partial charge >= 0.3 is 0 Å². The molecule has 2 unspecified atom stereocenters. The highest BCUT2D eigenvalue weighted by atomic mass is 32.1. The Balaban J connectivity index is 1.87. The van der Waals surface area contributed by atoms with Gasteiger partial charge in [0.05, 0.1) is 5.56 Å². The SMILES string of the molecule is CCC1CC1Nc1snc(N)c1-c1nc(C)cs1. The molecule has 2 aromatic heterocycles. The summed E-state index contributed by atoms with van der Waals surface area (Å²) < 4.78 is 4.26. The fraction of sp³-hybridized carbons (Fsp3) is 0.500. The number of hydrogen-bond acceptors (Lipinski definition) is 6. The summed E-state index contributed by atoms with van der Waals surface area (Å²) in [6, 6.07) is 0.592. The van der Waals surface area contributed by atoms with Crippen LogP contribution in [0, 0.1) is 12.8 Å². The van der Waals surface area contributed by atoms with Crippen molar-refractivity contribution in [1.82, 2.24) is 9.36 Å². The molecule has 0 spiro atoms. The highest BCUT2D eigenvalue weighted by Crippen LogP contribution is 2.43. The normalized spacial score (nSPS) is 22.1. The van der Waals surface area contributed by atoms with Gasteiger partial charge in [-0.3, -0.25) is 0 Å². The van der Waals surface area contributed by atoms with E-state index in [1.807, 2.05) is 12.3 Å². The van der Waals surface area contributed by atoms with Gasteiger partial charge in [-0.15, -0.1) is 11.3 Å². The van der Waals surface area contributed by atoms with Crippen LogP contribution in [0.2, 0.25) is 0 Å². The van der Waals surface area contributed by atoms with Gasteiger partial charge in [-0.2, -0.15) is 4.37 Å². The third-order valence-corrected chi connectivity index (χ3v) is 5.08. The Labute approximate surface area is 114 Å². The maximum atomic E-state index is 5.97. The number of anilines is 2. The second-order valence-corrected chi connectivity index (χ2v) is 6.35. The molecule has 1 aliphatic carbocycles. The van der Waals surface area contributed by atoms with Gasteiger partial charge in [0, 0.05) is 17.1 Å². The number of aromatic nitrogens is 2. The third kappa shape index (κ3) is 2.10. The molecule has 1 aliphatic rings. The van der Waals surface area contributed by atoms with E-state index in [9.17, 15) is 0 Å². The minimum absolute atomic E-state index is 0.588. The fourth-order valence-electron chi connectivity index (χ4n) is 2.12. The Morgan fingerprint density at radius 1 is 1.56 bits per heavy atom. The Bertz CT molecular complexity index is 560. The minimum Gasteiger partial charge on any atom is -0.382 e. The van der Waals surface area contributed by atoms with Crippen LogP contribution in [0.3, 0.4) is 0 Å². The molecule has 6 heteroatoms. The lowest BCUT2D eigenvalue weighted by Gasteiger charge is -2.04. The molecule has 18 heavy (non-hydrogen) atoms. The Morgan fingerprint density at radius 3 is 3.00 bits per heavy atom. The van der Waals surface area contributed by atoms with E-state index in [0.717, 1.165) is 27.2 Å². The molecule has 0 aliphatic heterocycles. The summed E-state index contributed by atoms with van der Waals surface area (Å²) in [5.74, 6) is 1.39. The first kappa shape index (κ1) is 11.9. The van der Waals surface area contributed by atoms with Gasteiger partial charge in [0.1, 0.15) is 15.8 Å². The fourth-order valence-corrected chi connectivity index (χ4v) is 3.82. The molecule has 4 nitrogen and oxygen atoms in total. The minimum atomic E-state index is 0.588. The molecule has 0 bridgehead atoms. The van der Waals surface area contributed by atoms with Crippen LogP contribution in [0.1, 0.15) is 25.5 Å². The Hall–Kier alpha value is -1.14. The predicted octanol–water partition coefficient (Wildman–Crippen LogP) is 3.37. The number of nitrogen functional groups attached to an aromatic ring is 1. The molecule has 0 aromatic carbocycles. The van der Waals surface area contributed by atoms with E-state index >= 15 is 0 Å². The van der Waals surface area contributed by atoms with Crippen LogP contribution in [0.15, 0.2) is 5.38 Å². The quantitative estimate of drug-likeness (QED) is 0.901. The van der Waals surface area contributed by atoms with Crippen molar-refractivity contribution in [3.05, 3.63) is 11.1 Å². The van der Waals surface area contributed by atoms with Crippen molar-refractivity contribution < 1.29 is 0 Å². The first-order valence-corrected chi connectivity index (χ1v) is 7.78. The monoisotopic (exact) mass is 280 g/mol. The van der Waals surface area contributed by atoms with Crippen molar-refractivity contribution in [3.8, 4) is 10.6 Å². The van der Waals surface area contributed by atoms with Crippen LogP contribution in [-0.4, -0.2) is 15.4 Å². The summed E-state index contributed by atoms with van der Waals surface area (Å²) in [6.07, 6.45) is 2.49. The molecule has 1 fully saturated rings. The van der Waals surface area contributed by atoms with Crippen molar-refractivity contribution in [2.75, 3.05) is 11.1 Å². The van der Waals surface area contributed by atoms with E-state index in [1.54, 1.807) is 11.3 Å². The highest BCUT2D eigenvalue weighted by molar-refractivity contribution is 7.15. The van der Waals surface area contributed by atoms with E-state index < -0.39 is 0 Å². The van der Waals surface area contributed by atoms with Crippen LogP contribution in [0.25, 0.3) is 10.6 Å². The van der Waals surface area contributed by atoms with Gasteiger partial charge < -0.3 is 11.1 Å². The first-order chi connectivity index (χ1) is 8.69. The molecule has 3 N–H and O–H groups in total. The number of hydrogen-bond donors (Lipinski definition) is 2. The zero-order valence-electron chi connectivity index (χ0n) is 10.4. The van der Waals surface area contributed by atoms with Gasteiger partial charge in [-0.05, 0) is 30.8 Å². The summed E-state index contributed by atoms with van der Waals surface area (Å²) in [5.41, 5.74) is 7.99. The summed E-state index contributed by atoms with van der Waals surface area (Å²) in [5, 5.41) is 7.64. The molecule has 0 amide bonds. The van der Waals surface area contributed by atoms with Gasteiger partial charge in [0.15, 0.2) is 0 Å². The lowest BCUT2D eigenvalue weighted by molar-refractivity contribution is 0.775. The lowest BCUT2D eigenvalue weighted by Crippen LogP contribution is -2.03. The predicted molar refractivity (Wildman–Crippen MR) is 78.2 cm³/mol. The van der Waals surface area contributed by atoms with Crippen LogP contribution < -0.4 is 11.1 Å². The van der Waals surface area contributed by atoms with E-state index in [2.05, 4.69) is 21.6 Å². The molecular formula is C12H16N4S2. The molecule has 3 rings (SSSR count). The van der Waals surface area contributed by atoms with E-state index in [1.165, 1.54) is 24.4 Å². The summed E-state index contributed by atoms with van der Waals surface area (Å²) in [4.78, 5) is 4.51. The molecular weight excluding hydrogens is 264 g/mol. The number of aryl methyl sites for hydroxylation is 1. The van der Waals surface area contributed by atoms with E-state index in [0.29, 0.717) is 11.9 Å². The maximum Gasteiger partial charge on any atom is 0.149 e. The number of nitrogens with one attached hydrogen (secondary N) is 1. The largest absolute Gasteiger partial charge is 0.382 e. The zero-order valence-corrected chi connectivity index (χ0v) is 12.1. The number of thiazole rings is 1. The molecule has 0 saturated heterocycles. The second-order valence-electron chi connectivity index (χ2n) is 4.72.